The second-order valence-electron chi connectivity index (χ2n) is 4.72. The lowest BCUT2D eigenvalue weighted by atomic mass is 9.99. The molecule has 0 spiro atoms. The zero-order chi connectivity index (χ0) is 15.4. The van der Waals surface area contributed by atoms with Gasteiger partial charge in [-0.1, -0.05) is 53.9 Å². The van der Waals surface area contributed by atoms with Crippen molar-refractivity contribution in [3.63, 3.8) is 0 Å². The van der Waals surface area contributed by atoms with Crippen LogP contribution in [0.4, 0.5) is 0 Å². The average molecular weight is 455 g/mol. The monoisotopic (exact) mass is 453 g/mol. The maximum atomic E-state index is 6.28. The van der Waals surface area contributed by atoms with Gasteiger partial charge < -0.3 is 5.32 Å². The number of nitrogens with one attached hydrogen (secondary N) is 1. The number of halogens is 4. The molecule has 5 heteroatoms. The largest absolute Gasteiger partial charge is 0.310 e. The van der Waals surface area contributed by atoms with Gasteiger partial charge in [-0.25, -0.2) is 0 Å². The molecule has 1 atom stereocenters. The standard InChI is InChI=1S/C16H15Cl3IN/c1-2-21-16(11-4-6-15(20)14(19)7-11)8-10-3-5-12(17)9-13(10)18/h3-7,9,16,21H,2,8H2,1H3. The van der Waals surface area contributed by atoms with Crippen LogP contribution in [0, 0.1) is 3.57 Å². The molecule has 2 aromatic rings. The number of hydrogen-bond acceptors (Lipinski definition) is 1. The SMILES string of the molecule is CCNC(Cc1ccc(Cl)cc1Cl)c1ccc(I)c(Cl)c1. The quantitative estimate of drug-likeness (QED) is 0.535. The molecule has 1 N–H and O–H groups in total. The van der Waals surface area contributed by atoms with Crippen molar-refractivity contribution in [2.24, 2.45) is 0 Å². The summed E-state index contributed by atoms with van der Waals surface area (Å²) in [5.74, 6) is 0. The van der Waals surface area contributed by atoms with Crippen LogP contribution in [-0.2, 0) is 6.42 Å². The van der Waals surface area contributed by atoms with Crippen LogP contribution in [-0.4, -0.2) is 6.54 Å². The van der Waals surface area contributed by atoms with Gasteiger partial charge in [-0.05, 0) is 70.9 Å². The van der Waals surface area contributed by atoms with Gasteiger partial charge in [0.05, 0.1) is 5.02 Å². The van der Waals surface area contributed by atoms with E-state index in [4.69, 9.17) is 34.8 Å². The first-order valence-electron chi connectivity index (χ1n) is 6.63. The van der Waals surface area contributed by atoms with E-state index in [1.165, 1.54) is 0 Å². The van der Waals surface area contributed by atoms with Gasteiger partial charge in [-0.3, -0.25) is 0 Å². The Hall–Kier alpha value is -0.0000000000000000555. The predicted octanol–water partition coefficient (Wildman–Crippen LogP) is 6.14. The summed E-state index contributed by atoms with van der Waals surface area (Å²) in [6, 6.07) is 11.9. The fourth-order valence-electron chi connectivity index (χ4n) is 2.19. The summed E-state index contributed by atoms with van der Waals surface area (Å²) in [7, 11) is 0. The molecule has 112 valence electrons. The highest BCUT2D eigenvalue weighted by atomic mass is 127. The van der Waals surface area contributed by atoms with Crippen LogP contribution < -0.4 is 5.32 Å². The first kappa shape index (κ1) is 17.4. The topological polar surface area (TPSA) is 12.0 Å². The molecule has 2 rings (SSSR count). The van der Waals surface area contributed by atoms with Crippen molar-refractivity contribution >= 4 is 57.4 Å². The van der Waals surface area contributed by atoms with Crippen LogP contribution >= 0.6 is 57.4 Å². The third-order valence-electron chi connectivity index (χ3n) is 3.24. The Morgan fingerprint density at radius 1 is 1.05 bits per heavy atom. The molecule has 21 heavy (non-hydrogen) atoms. The van der Waals surface area contributed by atoms with E-state index in [0.717, 1.165) is 32.7 Å². The number of benzene rings is 2. The van der Waals surface area contributed by atoms with Gasteiger partial charge in [0, 0.05) is 19.7 Å². The second-order valence-corrected chi connectivity index (χ2v) is 7.14. The van der Waals surface area contributed by atoms with Gasteiger partial charge in [0.25, 0.3) is 0 Å². The zero-order valence-electron chi connectivity index (χ0n) is 11.5. The maximum Gasteiger partial charge on any atom is 0.0542 e. The molecule has 1 nitrogen and oxygen atoms in total. The van der Waals surface area contributed by atoms with E-state index in [-0.39, 0.29) is 6.04 Å². The highest BCUT2D eigenvalue weighted by Gasteiger charge is 2.14. The van der Waals surface area contributed by atoms with E-state index < -0.39 is 0 Å². The van der Waals surface area contributed by atoms with Gasteiger partial charge in [0.2, 0.25) is 0 Å². The first-order chi connectivity index (χ1) is 10.0. The summed E-state index contributed by atoms with van der Waals surface area (Å²) in [6.07, 6.45) is 0.792. The van der Waals surface area contributed by atoms with Crippen molar-refractivity contribution in [1.29, 1.82) is 0 Å². The first-order valence-corrected chi connectivity index (χ1v) is 8.84. The molecule has 0 amide bonds. The summed E-state index contributed by atoms with van der Waals surface area (Å²) in [4.78, 5) is 0. The molecular weight excluding hydrogens is 439 g/mol. The Morgan fingerprint density at radius 2 is 1.81 bits per heavy atom. The van der Waals surface area contributed by atoms with E-state index in [1.807, 2.05) is 24.3 Å². The number of likely N-dealkylation sites (N-methyl/N-ethyl adjacent to an activating group) is 1. The van der Waals surface area contributed by atoms with Crippen LogP contribution in [0.15, 0.2) is 36.4 Å². The molecule has 0 heterocycles. The van der Waals surface area contributed by atoms with Crippen LogP contribution in [0.5, 0.6) is 0 Å². The normalized spacial score (nSPS) is 12.4. The van der Waals surface area contributed by atoms with Crippen molar-refractivity contribution in [1.82, 2.24) is 5.32 Å². The molecule has 0 saturated heterocycles. The molecular formula is C16H15Cl3IN. The minimum Gasteiger partial charge on any atom is -0.310 e. The van der Waals surface area contributed by atoms with Gasteiger partial charge in [0.15, 0.2) is 0 Å². The Kier molecular flexibility index (Phi) is 6.63. The van der Waals surface area contributed by atoms with Crippen LogP contribution in [0.3, 0.4) is 0 Å². The summed E-state index contributed by atoms with van der Waals surface area (Å²) < 4.78 is 1.05. The molecule has 0 aliphatic carbocycles. The van der Waals surface area contributed by atoms with Crippen molar-refractivity contribution in [3.8, 4) is 0 Å². The van der Waals surface area contributed by atoms with E-state index >= 15 is 0 Å². The van der Waals surface area contributed by atoms with E-state index in [0.29, 0.717) is 10.0 Å². The lowest BCUT2D eigenvalue weighted by Gasteiger charge is -2.20. The van der Waals surface area contributed by atoms with Crippen LogP contribution in [0.25, 0.3) is 0 Å². The summed E-state index contributed by atoms with van der Waals surface area (Å²) >= 11 is 20.7. The lowest BCUT2D eigenvalue weighted by Crippen LogP contribution is -2.23. The molecule has 1 unspecified atom stereocenters. The molecule has 0 aliphatic rings. The molecule has 0 fully saturated rings. The van der Waals surface area contributed by atoms with E-state index in [1.54, 1.807) is 6.07 Å². The second kappa shape index (κ2) is 8.02. The number of hydrogen-bond donors (Lipinski definition) is 1. The highest BCUT2D eigenvalue weighted by molar-refractivity contribution is 14.1. The van der Waals surface area contributed by atoms with Gasteiger partial charge in [0.1, 0.15) is 0 Å². The predicted molar refractivity (Wildman–Crippen MR) is 101 cm³/mol. The Balaban J connectivity index is 2.28. The third-order valence-corrected chi connectivity index (χ3v) is 5.39. The molecule has 2 aromatic carbocycles. The minimum absolute atomic E-state index is 0.170. The smallest absolute Gasteiger partial charge is 0.0542 e. The zero-order valence-corrected chi connectivity index (χ0v) is 15.9. The summed E-state index contributed by atoms with van der Waals surface area (Å²) in [5.41, 5.74) is 2.23. The van der Waals surface area contributed by atoms with Crippen molar-refractivity contribution in [2.75, 3.05) is 6.54 Å². The molecule has 0 bridgehead atoms. The Bertz CT molecular complexity index is 631. The third kappa shape index (κ3) is 4.73. The van der Waals surface area contributed by atoms with Gasteiger partial charge in [-0.15, -0.1) is 0 Å². The maximum absolute atomic E-state index is 6.28. The molecule has 0 aliphatic heterocycles. The van der Waals surface area contributed by atoms with Crippen molar-refractivity contribution < 1.29 is 0 Å². The fourth-order valence-corrected chi connectivity index (χ4v) is 3.20. The highest BCUT2D eigenvalue weighted by Crippen LogP contribution is 2.28. The minimum atomic E-state index is 0.170. The number of rotatable bonds is 5. The Labute approximate surface area is 154 Å². The fraction of sp³-hybridized carbons (Fsp3) is 0.250. The van der Waals surface area contributed by atoms with Crippen molar-refractivity contribution in [2.45, 2.75) is 19.4 Å². The van der Waals surface area contributed by atoms with Gasteiger partial charge in [-0.2, -0.15) is 0 Å². The van der Waals surface area contributed by atoms with Crippen LogP contribution in [0.1, 0.15) is 24.1 Å². The molecule has 0 radical (unpaired) electrons. The summed E-state index contributed by atoms with van der Waals surface area (Å²) in [6.45, 7) is 2.96. The van der Waals surface area contributed by atoms with E-state index in [9.17, 15) is 0 Å². The average Bonchev–Trinajstić information content (AvgIpc) is 2.44. The van der Waals surface area contributed by atoms with E-state index in [2.05, 4.69) is 40.9 Å². The molecule has 0 saturated carbocycles. The molecule has 0 aromatic heterocycles. The Morgan fingerprint density at radius 3 is 2.43 bits per heavy atom. The van der Waals surface area contributed by atoms with Crippen molar-refractivity contribution in [3.05, 3.63) is 66.2 Å². The van der Waals surface area contributed by atoms with Gasteiger partial charge >= 0.3 is 0 Å². The van der Waals surface area contributed by atoms with Crippen LogP contribution in [0.2, 0.25) is 15.1 Å². The lowest BCUT2D eigenvalue weighted by molar-refractivity contribution is 0.550. The summed E-state index contributed by atoms with van der Waals surface area (Å²) in [5, 5.41) is 5.61.